The van der Waals surface area contributed by atoms with E-state index in [1.54, 1.807) is 25.2 Å². The Bertz CT molecular complexity index is 926. The lowest BCUT2D eigenvalue weighted by Crippen LogP contribution is -2.36. The van der Waals surface area contributed by atoms with Crippen LogP contribution in [0.5, 0.6) is 0 Å². The minimum absolute atomic E-state index is 0. The SMILES string of the molecule is CN=C(NCc1ccccc1[N+](=O)[O-])NCc1nnc2ccccn12.I. The van der Waals surface area contributed by atoms with E-state index in [-0.39, 0.29) is 36.2 Å². The lowest BCUT2D eigenvalue weighted by molar-refractivity contribution is -0.385. The van der Waals surface area contributed by atoms with E-state index in [1.807, 2.05) is 28.8 Å². The Labute approximate surface area is 166 Å². The van der Waals surface area contributed by atoms with Gasteiger partial charge in [-0.1, -0.05) is 24.3 Å². The number of hydrogen-bond acceptors (Lipinski definition) is 5. The van der Waals surface area contributed by atoms with E-state index in [1.165, 1.54) is 6.07 Å². The lowest BCUT2D eigenvalue weighted by Gasteiger charge is -2.11. The highest BCUT2D eigenvalue weighted by atomic mass is 127. The van der Waals surface area contributed by atoms with Crippen LogP contribution in [0.15, 0.2) is 53.7 Å². The number of rotatable bonds is 5. The predicted octanol–water partition coefficient (Wildman–Crippen LogP) is 2.12. The first-order valence-corrected chi connectivity index (χ1v) is 7.64. The lowest BCUT2D eigenvalue weighted by atomic mass is 10.2. The summed E-state index contributed by atoms with van der Waals surface area (Å²) in [6.45, 7) is 0.707. The largest absolute Gasteiger partial charge is 0.352 e. The van der Waals surface area contributed by atoms with Crippen molar-refractivity contribution in [2.45, 2.75) is 13.1 Å². The van der Waals surface area contributed by atoms with Gasteiger partial charge in [0.15, 0.2) is 17.4 Å². The molecular weight excluding hydrogens is 449 g/mol. The molecule has 0 saturated carbocycles. The van der Waals surface area contributed by atoms with Gasteiger partial charge in [-0.05, 0) is 12.1 Å². The molecule has 26 heavy (non-hydrogen) atoms. The third-order valence-electron chi connectivity index (χ3n) is 3.66. The molecule has 136 valence electrons. The molecule has 0 aliphatic heterocycles. The summed E-state index contributed by atoms with van der Waals surface area (Å²) in [6.07, 6.45) is 1.88. The van der Waals surface area contributed by atoms with Crippen LogP contribution in [0.2, 0.25) is 0 Å². The molecule has 2 aromatic heterocycles. The summed E-state index contributed by atoms with van der Waals surface area (Å²) in [4.78, 5) is 14.8. The van der Waals surface area contributed by atoms with Gasteiger partial charge in [-0.2, -0.15) is 0 Å². The van der Waals surface area contributed by atoms with Gasteiger partial charge in [-0.3, -0.25) is 19.5 Å². The van der Waals surface area contributed by atoms with E-state index in [4.69, 9.17) is 0 Å². The van der Waals surface area contributed by atoms with Gasteiger partial charge in [-0.25, -0.2) is 0 Å². The van der Waals surface area contributed by atoms with Crippen LogP contribution in [0.25, 0.3) is 5.65 Å². The molecule has 2 heterocycles. The van der Waals surface area contributed by atoms with Crippen molar-refractivity contribution in [1.82, 2.24) is 25.2 Å². The number of nitrogens with zero attached hydrogens (tertiary/aromatic N) is 5. The third-order valence-corrected chi connectivity index (χ3v) is 3.66. The van der Waals surface area contributed by atoms with Crippen LogP contribution < -0.4 is 10.6 Å². The normalized spacial score (nSPS) is 11.0. The van der Waals surface area contributed by atoms with E-state index >= 15 is 0 Å². The summed E-state index contributed by atoms with van der Waals surface area (Å²) < 4.78 is 1.88. The fourth-order valence-corrected chi connectivity index (χ4v) is 2.41. The van der Waals surface area contributed by atoms with Gasteiger partial charge in [0.1, 0.15) is 0 Å². The van der Waals surface area contributed by atoms with E-state index in [0.29, 0.717) is 18.1 Å². The van der Waals surface area contributed by atoms with E-state index in [0.717, 1.165) is 11.5 Å². The minimum atomic E-state index is -0.393. The monoisotopic (exact) mass is 467 g/mol. The molecule has 0 spiro atoms. The summed E-state index contributed by atoms with van der Waals surface area (Å²) in [6, 6.07) is 12.3. The highest BCUT2D eigenvalue weighted by Crippen LogP contribution is 2.16. The fourth-order valence-electron chi connectivity index (χ4n) is 2.41. The van der Waals surface area contributed by atoms with Crippen LogP contribution >= 0.6 is 24.0 Å². The summed E-state index contributed by atoms with van der Waals surface area (Å²) >= 11 is 0. The van der Waals surface area contributed by atoms with Crippen molar-refractivity contribution in [1.29, 1.82) is 0 Å². The number of fused-ring (bicyclic) bond motifs is 1. The Kier molecular flexibility index (Phi) is 6.83. The highest BCUT2D eigenvalue weighted by molar-refractivity contribution is 14.0. The molecule has 1 aromatic carbocycles. The molecule has 10 heteroatoms. The fraction of sp³-hybridized carbons (Fsp3) is 0.188. The van der Waals surface area contributed by atoms with E-state index in [2.05, 4.69) is 25.8 Å². The van der Waals surface area contributed by atoms with Crippen molar-refractivity contribution >= 4 is 41.3 Å². The number of nitro groups is 1. The first-order chi connectivity index (χ1) is 12.2. The van der Waals surface area contributed by atoms with Gasteiger partial charge in [0.25, 0.3) is 5.69 Å². The number of halogens is 1. The van der Waals surface area contributed by atoms with Crippen LogP contribution in [-0.2, 0) is 13.1 Å². The van der Waals surface area contributed by atoms with Gasteiger partial charge < -0.3 is 10.6 Å². The number of aromatic nitrogens is 3. The number of nitro benzene ring substituents is 1. The Hall–Kier alpha value is -2.76. The third kappa shape index (κ3) is 4.45. The second-order valence-electron chi connectivity index (χ2n) is 5.21. The highest BCUT2D eigenvalue weighted by Gasteiger charge is 2.12. The maximum atomic E-state index is 11.1. The van der Waals surface area contributed by atoms with Gasteiger partial charge in [0, 0.05) is 31.4 Å². The number of para-hydroxylation sites is 1. The molecule has 0 fully saturated rings. The number of hydrogen-bond donors (Lipinski definition) is 2. The zero-order chi connectivity index (χ0) is 17.6. The summed E-state index contributed by atoms with van der Waals surface area (Å²) in [5.74, 6) is 1.26. The molecular formula is C16H18IN7O2. The Morgan fingerprint density at radius 1 is 1.15 bits per heavy atom. The molecule has 0 aliphatic rings. The Morgan fingerprint density at radius 3 is 2.65 bits per heavy atom. The summed E-state index contributed by atoms with van der Waals surface area (Å²) in [7, 11) is 1.64. The van der Waals surface area contributed by atoms with Gasteiger partial charge in [-0.15, -0.1) is 34.2 Å². The molecule has 0 amide bonds. The van der Waals surface area contributed by atoms with Gasteiger partial charge in [0.2, 0.25) is 0 Å². The molecule has 0 saturated heterocycles. The first kappa shape index (κ1) is 19.6. The van der Waals surface area contributed by atoms with Crippen molar-refractivity contribution in [3.8, 4) is 0 Å². The first-order valence-electron chi connectivity index (χ1n) is 7.64. The smallest absolute Gasteiger partial charge is 0.274 e. The van der Waals surface area contributed by atoms with Gasteiger partial charge in [0.05, 0.1) is 11.5 Å². The van der Waals surface area contributed by atoms with Crippen LogP contribution in [0, 0.1) is 10.1 Å². The van der Waals surface area contributed by atoms with Gasteiger partial charge >= 0.3 is 0 Å². The predicted molar refractivity (Wildman–Crippen MR) is 109 cm³/mol. The maximum Gasteiger partial charge on any atom is 0.274 e. The second-order valence-corrected chi connectivity index (χ2v) is 5.21. The number of nitrogens with one attached hydrogen (secondary N) is 2. The number of pyridine rings is 1. The Balaban J connectivity index is 0.00000243. The van der Waals surface area contributed by atoms with Crippen LogP contribution in [0.3, 0.4) is 0 Å². The zero-order valence-electron chi connectivity index (χ0n) is 14.0. The van der Waals surface area contributed by atoms with Crippen molar-refractivity contribution in [2.75, 3.05) is 7.05 Å². The van der Waals surface area contributed by atoms with Crippen molar-refractivity contribution < 1.29 is 4.92 Å². The van der Waals surface area contributed by atoms with Crippen molar-refractivity contribution in [3.05, 3.63) is 70.2 Å². The van der Waals surface area contributed by atoms with Crippen LogP contribution in [0.1, 0.15) is 11.4 Å². The molecule has 9 nitrogen and oxygen atoms in total. The van der Waals surface area contributed by atoms with Crippen molar-refractivity contribution in [2.24, 2.45) is 4.99 Å². The molecule has 0 unspecified atom stereocenters. The maximum absolute atomic E-state index is 11.1. The molecule has 3 rings (SSSR count). The average molecular weight is 467 g/mol. The number of benzene rings is 1. The molecule has 0 atom stereocenters. The Morgan fingerprint density at radius 2 is 1.88 bits per heavy atom. The number of guanidine groups is 1. The molecule has 0 bridgehead atoms. The molecule has 0 radical (unpaired) electrons. The van der Waals surface area contributed by atoms with Crippen LogP contribution in [-0.4, -0.2) is 32.5 Å². The van der Waals surface area contributed by atoms with Crippen molar-refractivity contribution in [3.63, 3.8) is 0 Å². The minimum Gasteiger partial charge on any atom is -0.352 e. The summed E-state index contributed by atoms with van der Waals surface area (Å²) in [5, 5.41) is 25.5. The summed E-state index contributed by atoms with van der Waals surface area (Å²) in [5.41, 5.74) is 1.43. The number of aliphatic imine (C=N–C) groups is 1. The van der Waals surface area contributed by atoms with E-state index in [9.17, 15) is 10.1 Å². The molecule has 3 aromatic rings. The van der Waals surface area contributed by atoms with E-state index < -0.39 is 4.92 Å². The second kappa shape index (κ2) is 9.08. The topological polar surface area (TPSA) is 110 Å². The average Bonchev–Trinajstić information content (AvgIpc) is 3.05. The zero-order valence-corrected chi connectivity index (χ0v) is 16.3. The molecule has 0 aliphatic carbocycles. The quantitative estimate of drug-likeness (QED) is 0.196. The molecule has 2 N–H and O–H groups in total. The van der Waals surface area contributed by atoms with Crippen LogP contribution in [0.4, 0.5) is 5.69 Å². The standard InChI is InChI=1S/C16H17N7O2.HI/c1-17-16(18-10-12-6-2-3-7-13(12)23(24)25)19-11-15-21-20-14-8-4-5-9-22(14)15;/h2-9H,10-11H2,1H3,(H2,17,18,19);1H.